The number of benzene rings is 1. The molecule has 15 nitrogen and oxygen atoms in total. The molecule has 3 aromatic rings. The summed E-state index contributed by atoms with van der Waals surface area (Å²) in [6.45, 7) is 4.51. The summed E-state index contributed by atoms with van der Waals surface area (Å²) >= 11 is 1.34. The molecule has 3 aliphatic heterocycles. The first-order valence-electron chi connectivity index (χ1n) is 15.0. The lowest BCUT2D eigenvalue weighted by Gasteiger charge is -2.41. The quantitative estimate of drug-likeness (QED) is 0.220. The number of hydrogen-bond donors (Lipinski definition) is 4. The molecule has 0 bridgehead atoms. The number of aromatic amines is 1. The van der Waals surface area contributed by atoms with Crippen LogP contribution < -0.4 is 10.6 Å². The first-order valence-corrected chi connectivity index (χ1v) is 17.2. The second-order valence-electron chi connectivity index (χ2n) is 11.5. The Morgan fingerprint density at radius 2 is 1.96 bits per heavy atom. The molecule has 4 N–H and O–H groups in total. The van der Waals surface area contributed by atoms with E-state index in [1.807, 2.05) is 0 Å². The number of ether oxygens (including phenoxy) is 2. The smallest absolute Gasteiger partial charge is 0.412 e. The molecule has 2 atom stereocenters. The molecule has 5 heterocycles. The fourth-order valence-corrected chi connectivity index (χ4v) is 8.40. The van der Waals surface area contributed by atoms with Gasteiger partial charge in [0.05, 0.1) is 32.1 Å². The molecule has 17 heteroatoms. The molecule has 0 spiro atoms. The number of carbonyl (C=O) groups excluding carboxylic acids is 3. The topological polar surface area (TPSA) is 190 Å². The number of rotatable bonds is 6. The molecule has 2 saturated heterocycles. The van der Waals surface area contributed by atoms with E-state index < -0.39 is 22.2 Å². The number of hydrogen-bond acceptors (Lipinski definition) is 11. The highest BCUT2D eigenvalue weighted by Gasteiger charge is 2.40. The van der Waals surface area contributed by atoms with Crippen LogP contribution >= 0.6 is 11.3 Å². The molecule has 46 heavy (non-hydrogen) atoms. The van der Waals surface area contributed by atoms with Crippen molar-refractivity contribution in [2.75, 3.05) is 53.0 Å². The average Bonchev–Trinajstić information content (AvgIpc) is 3.69. The van der Waals surface area contributed by atoms with Gasteiger partial charge in [-0.15, -0.1) is 11.3 Å². The largest absolute Gasteiger partial charge is 0.453 e. The van der Waals surface area contributed by atoms with E-state index in [9.17, 15) is 22.8 Å². The molecule has 2 unspecified atom stereocenters. The summed E-state index contributed by atoms with van der Waals surface area (Å²) in [5, 5.41) is 14.6. The number of methoxy groups -OCH3 is 1. The van der Waals surface area contributed by atoms with Crippen LogP contribution in [0.5, 0.6) is 0 Å². The van der Waals surface area contributed by atoms with Crippen molar-refractivity contribution in [3.05, 3.63) is 45.4 Å². The zero-order valence-electron chi connectivity index (χ0n) is 25.5. The minimum Gasteiger partial charge on any atom is -0.453 e. The Hall–Kier alpha value is -3.90. The minimum absolute atomic E-state index is 0.0349. The van der Waals surface area contributed by atoms with Crippen LogP contribution in [-0.2, 0) is 37.3 Å². The molecule has 6 rings (SSSR count). The van der Waals surface area contributed by atoms with Crippen molar-refractivity contribution in [1.29, 1.82) is 5.41 Å². The molecule has 0 saturated carbocycles. The lowest BCUT2D eigenvalue weighted by atomic mass is 10.1. The van der Waals surface area contributed by atoms with Crippen LogP contribution in [0.25, 0.3) is 10.9 Å². The Morgan fingerprint density at radius 1 is 1.17 bits per heavy atom. The van der Waals surface area contributed by atoms with Gasteiger partial charge in [0, 0.05) is 79.5 Å². The van der Waals surface area contributed by atoms with E-state index in [0.29, 0.717) is 54.3 Å². The number of aromatic nitrogens is 2. The van der Waals surface area contributed by atoms with E-state index in [1.165, 1.54) is 28.8 Å². The van der Waals surface area contributed by atoms with E-state index in [4.69, 9.17) is 10.1 Å². The monoisotopic (exact) mass is 672 g/mol. The number of alkyl carbamates (subject to hydrolysis) is 1. The van der Waals surface area contributed by atoms with Gasteiger partial charge in [0.15, 0.2) is 5.01 Å². The first kappa shape index (κ1) is 32.1. The highest BCUT2D eigenvalue weighted by molar-refractivity contribution is 7.89. The highest BCUT2D eigenvalue weighted by Crippen LogP contribution is 2.29. The number of amidine groups is 1. The Bertz CT molecular complexity index is 1780. The number of fused-ring (bicyclic) bond motifs is 2. The number of sulfonamides is 1. The summed E-state index contributed by atoms with van der Waals surface area (Å²) in [5.74, 6) is -0.659. The molecule has 246 valence electrons. The van der Waals surface area contributed by atoms with E-state index >= 15 is 0 Å². The highest BCUT2D eigenvalue weighted by atomic mass is 32.2. The Labute approximate surface area is 269 Å². The fraction of sp³-hybridized carbons (Fsp3) is 0.483. The second-order valence-corrected chi connectivity index (χ2v) is 14.5. The zero-order valence-corrected chi connectivity index (χ0v) is 27.1. The van der Waals surface area contributed by atoms with E-state index in [1.54, 1.807) is 28.0 Å². The predicted molar refractivity (Wildman–Crippen MR) is 168 cm³/mol. The maximum Gasteiger partial charge on any atom is 0.412 e. The molecule has 0 aliphatic carbocycles. The van der Waals surface area contributed by atoms with Gasteiger partial charge < -0.3 is 29.6 Å². The Morgan fingerprint density at radius 3 is 2.72 bits per heavy atom. The summed E-state index contributed by atoms with van der Waals surface area (Å²) in [7, 11) is -2.87. The number of thiazole rings is 1. The summed E-state index contributed by atoms with van der Waals surface area (Å²) < 4.78 is 39.1. The summed E-state index contributed by atoms with van der Waals surface area (Å²) in [6, 6.07) is 5.82. The zero-order chi connectivity index (χ0) is 32.6. The van der Waals surface area contributed by atoms with Crippen LogP contribution in [0.3, 0.4) is 0 Å². The lowest BCUT2D eigenvalue weighted by molar-refractivity contribution is -0.136. The number of morpholine rings is 1. The molecule has 1 aromatic carbocycles. The maximum absolute atomic E-state index is 13.9. The van der Waals surface area contributed by atoms with Crippen molar-refractivity contribution in [2.45, 2.75) is 43.4 Å². The molecule has 3 amide bonds. The third-order valence-corrected chi connectivity index (χ3v) is 11.3. The van der Waals surface area contributed by atoms with Crippen LogP contribution in [0, 0.1) is 5.41 Å². The fourth-order valence-electron chi connectivity index (χ4n) is 5.92. The molecule has 3 aliphatic rings. The van der Waals surface area contributed by atoms with Gasteiger partial charge in [0.25, 0.3) is 15.9 Å². The average molecular weight is 673 g/mol. The van der Waals surface area contributed by atoms with E-state index in [0.717, 1.165) is 17.0 Å². The van der Waals surface area contributed by atoms with Crippen molar-refractivity contribution in [1.82, 2.24) is 34.7 Å². The van der Waals surface area contributed by atoms with Gasteiger partial charge in [-0.3, -0.25) is 20.3 Å². The summed E-state index contributed by atoms with van der Waals surface area (Å²) in [6.07, 6.45) is -0.103. The van der Waals surface area contributed by atoms with Crippen LogP contribution in [0.2, 0.25) is 0 Å². The molecule has 0 radical (unpaired) electrons. The van der Waals surface area contributed by atoms with Crippen molar-refractivity contribution in [2.24, 2.45) is 0 Å². The van der Waals surface area contributed by atoms with Crippen LogP contribution in [0.15, 0.2) is 29.3 Å². The van der Waals surface area contributed by atoms with Gasteiger partial charge in [-0.25, -0.2) is 18.2 Å². The van der Waals surface area contributed by atoms with Gasteiger partial charge >= 0.3 is 6.09 Å². The Kier molecular flexibility index (Phi) is 9.11. The predicted octanol–water partition coefficient (Wildman–Crippen LogP) is 1.10. The van der Waals surface area contributed by atoms with Gasteiger partial charge in [-0.1, -0.05) is 0 Å². The SMILES string of the molecule is COC(=O)NC(=N)c1ccc2[nH]c(S(=O)(=O)N3CCN(C(=O)c4nc5c(s4)CNC(C)C5)C(CC(=O)N4CCOCC4)C3)cc2c1. The molecule has 2 aromatic heterocycles. The van der Waals surface area contributed by atoms with Crippen molar-refractivity contribution >= 4 is 56.0 Å². The van der Waals surface area contributed by atoms with Gasteiger partial charge in [0.2, 0.25) is 5.91 Å². The van der Waals surface area contributed by atoms with Gasteiger partial charge in [-0.05, 0) is 31.2 Å². The molecular weight excluding hydrogens is 637 g/mol. The number of amides is 3. The summed E-state index contributed by atoms with van der Waals surface area (Å²) in [5.41, 5.74) is 1.79. The molecule has 2 fully saturated rings. The van der Waals surface area contributed by atoms with Crippen LogP contribution in [0.4, 0.5) is 4.79 Å². The number of piperazine rings is 1. The van der Waals surface area contributed by atoms with Gasteiger partial charge in [-0.2, -0.15) is 4.31 Å². The first-order chi connectivity index (χ1) is 22.0. The van der Waals surface area contributed by atoms with Crippen LogP contribution in [0.1, 0.15) is 39.3 Å². The summed E-state index contributed by atoms with van der Waals surface area (Å²) in [4.78, 5) is 50.7. The third kappa shape index (κ3) is 6.50. The van der Waals surface area contributed by atoms with Crippen molar-refractivity contribution < 1.29 is 32.3 Å². The molecular formula is C29H36N8O7S2. The number of H-pyrrole nitrogens is 1. The number of nitrogens with one attached hydrogen (secondary N) is 4. The van der Waals surface area contributed by atoms with Crippen LogP contribution in [-0.4, -0.2) is 121 Å². The second kappa shape index (κ2) is 13.1. The van der Waals surface area contributed by atoms with Crippen molar-refractivity contribution in [3.63, 3.8) is 0 Å². The van der Waals surface area contributed by atoms with Crippen molar-refractivity contribution in [3.8, 4) is 0 Å². The third-order valence-electron chi connectivity index (χ3n) is 8.47. The normalized spacial score (nSPS) is 20.7. The van der Waals surface area contributed by atoms with Gasteiger partial charge in [0.1, 0.15) is 10.9 Å². The number of carbonyl (C=O) groups is 3. The van der Waals surface area contributed by atoms with E-state index in [2.05, 4.69) is 32.3 Å². The number of nitrogens with zero attached hydrogens (tertiary/aromatic N) is 4. The minimum atomic E-state index is -4.07. The van der Waals surface area contributed by atoms with E-state index in [-0.39, 0.29) is 54.8 Å². The maximum atomic E-state index is 13.9. The Balaban J connectivity index is 1.24. The standard InChI is InChI=1S/C29H36N8O7S2/c1-17-11-22-23(15-31-17)45-27(33-22)28(39)37-6-5-36(16-20(37)14-25(38)35-7-9-44-10-8-35)46(41,42)24-13-19-12-18(3-4-21(19)32-24)26(30)34-29(40)43-2/h3-4,12-13,17,20,31-32H,5-11,14-16H2,1-2H3,(H2,30,34,40). The lowest BCUT2D eigenvalue weighted by Crippen LogP contribution is -2.58.